The molecule has 0 spiro atoms. The number of carbonyl (C=O) groups is 1. The zero-order valence-corrected chi connectivity index (χ0v) is 14.2. The molecule has 0 fully saturated rings. The molecule has 0 radical (unpaired) electrons. The van der Waals surface area contributed by atoms with Gasteiger partial charge in [0.05, 0.1) is 17.3 Å². The number of hydrogen-bond acceptors (Lipinski definition) is 3. The average Bonchev–Trinajstić information content (AvgIpc) is 3.27. The van der Waals surface area contributed by atoms with E-state index in [1.807, 2.05) is 6.07 Å². The number of hydrogen-bond donors (Lipinski definition) is 1. The summed E-state index contributed by atoms with van der Waals surface area (Å²) >= 11 is 0. The summed E-state index contributed by atoms with van der Waals surface area (Å²) in [4.78, 5) is 12.7. The molecule has 0 unspecified atom stereocenters. The molecule has 2 aromatic carbocycles. The average molecular weight is 364 g/mol. The van der Waals surface area contributed by atoms with E-state index < -0.39 is 17.5 Å². The van der Waals surface area contributed by atoms with Crippen LogP contribution in [0.2, 0.25) is 0 Å². The fourth-order valence-electron chi connectivity index (χ4n) is 3.31. The minimum atomic E-state index is -0.964. The van der Waals surface area contributed by atoms with Crippen molar-refractivity contribution in [1.82, 2.24) is 9.78 Å². The predicted molar refractivity (Wildman–Crippen MR) is 94.6 cm³/mol. The molecule has 1 N–H and O–H groups in total. The molecule has 4 rings (SSSR count). The van der Waals surface area contributed by atoms with Crippen molar-refractivity contribution < 1.29 is 13.6 Å². The van der Waals surface area contributed by atoms with E-state index in [0.717, 1.165) is 29.8 Å². The van der Waals surface area contributed by atoms with Crippen molar-refractivity contribution in [2.45, 2.75) is 19.3 Å². The molecule has 7 heteroatoms. The maximum absolute atomic E-state index is 13.6. The Labute approximate surface area is 153 Å². The lowest BCUT2D eigenvalue weighted by molar-refractivity contribution is 0.102. The lowest BCUT2D eigenvalue weighted by Gasteiger charge is -2.06. The van der Waals surface area contributed by atoms with Gasteiger partial charge in [-0.25, -0.2) is 13.5 Å². The van der Waals surface area contributed by atoms with E-state index in [4.69, 9.17) is 5.26 Å². The standard InChI is InChI=1S/C20H14F2N4O/c21-16-8-7-14(10-17(16)22)26-18-6-2-5-15(18)19(25-26)20(27)24-13-4-1-3-12(9-13)11-23/h1,3-4,7-10H,2,5-6H2,(H,24,27). The van der Waals surface area contributed by atoms with Gasteiger partial charge in [0.25, 0.3) is 5.91 Å². The number of carbonyl (C=O) groups excluding carboxylic acids is 1. The predicted octanol–water partition coefficient (Wildman–Crippen LogP) is 3.76. The van der Waals surface area contributed by atoms with Crippen LogP contribution in [0.15, 0.2) is 42.5 Å². The van der Waals surface area contributed by atoms with Crippen LogP contribution in [0.3, 0.4) is 0 Å². The molecule has 1 amide bonds. The minimum absolute atomic E-state index is 0.259. The zero-order valence-electron chi connectivity index (χ0n) is 14.2. The third-order valence-electron chi connectivity index (χ3n) is 4.54. The number of halogens is 2. The molecule has 1 heterocycles. The van der Waals surface area contributed by atoms with Crippen molar-refractivity contribution in [3.8, 4) is 11.8 Å². The summed E-state index contributed by atoms with van der Waals surface area (Å²) in [6.45, 7) is 0. The van der Waals surface area contributed by atoms with Crippen molar-refractivity contribution in [3.63, 3.8) is 0 Å². The first-order valence-electron chi connectivity index (χ1n) is 8.44. The maximum Gasteiger partial charge on any atom is 0.276 e. The molecule has 3 aromatic rings. The Morgan fingerprint density at radius 3 is 2.78 bits per heavy atom. The second-order valence-electron chi connectivity index (χ2n) is 6.28. The van der Waals surface area contributed by atoms with Gasteiger partial charge < -0.3 is 5.32 Å². The lowest BCUT2D eigenvalue weighted by atomic mass is 10.1. The van der Waals surface area contributed by atoms with Gasteiger partial charge in [-0.15, -0.1) is 0 Å². The summed E-state index contributed by atoms with van der Waals surface area (Å²) in [7, 11) is 0. The van der Waals surface area contributed by atoms with Crippen molar-refractivity contribution in [3.05, 3.63) is 76.6 Å². The van der Waals surface area contributed by atoms with Crippen molar-refractivity contribution in [1.29, 1.82) is 5.26 Å². The molecular formula is C20H14F2N4O. The first-order valence-corrected chi connectivity index (χ1v) is 8.44. The van der Waals surface area contributed by atoms with Gasteiger partial charge in [-0.2, -0.15) is 10.4 Å². The van der Waals surface area contributed by atoms with Gasteiger partial charge in [0.2, 0.25) is 0 Å². The molecule has 1 aliphatic rings. The number of nitrogens with zero attached hydrogens (tertiary/aromatic N) is 3. The second-order valence-corrected chi connectivity index (χ2v) is 6.28. The Balaban J connectivity index is 1.70. The molecule has 27 heavy (non-hydrogen) atoms. The van der Waals surface area contributed by atoms with Crippen LogP contribution in [-0.2, 0) is 12.8 Å². The Morgan fingerprint density at radius 2 is 2.00 bits per heavy atom. The number of aromatic nitrogens is 2. The second kappa shape index (κ2) is 6.65. The Bertz CT molecular complexity index is 1100. The number of nitrogens with one attached hydrogen (secondary N) is 1. The highest BCUT2D eigenvalue weighted by Gasteiger charge is 2.27. The molecule has 134 valence electrons. The van der Waals surface area contributed by atoms with E-state index in [1.54, 1.807) is 24.3 Å². The monoisotopic (exact) mass is 364 g/mol. The van der Waals surface area contributed by atoms with Crippen LogP contribution in [0.1, 0.15) is 33.7 Å². The summed E-state index contributed by atoms with van der Waals surface area (Å²) in [5, 5.41) is 16.1. The molecule has 0 aliphatic heterocycles. The van der Waals surface area contributed by atoms with E-state index in [1.165, 1.54) is 10.7 Å². The number of rotatable bonds is 3. The quantitative estimate of drug-likeness (QED) is 0.769. The Kier molecular flexibility index (Phi) is 4.16. The maximum atomic E-state index is 13.6. The van der Waals surface area contributed by atoms with Gasteiger partial charge in [-0.05, 0) is 49.6 Å². The SMILES string of the molecule is N#Cc1cccc(NC(=O)c2nn(-c3ccc(F)c(F)c3)c3c2CCC3)c1. The first kappa shape index (κ1) is 16.9. The largest absolute Gasteiger partial charge is 0.321 e. The van der Waals surface area contributed by atoms with Crippen LogP contribution >= 0.6 is 0 Å². The number of fused-ring (bicyclic) bond motifs is 1. The molecule has 0 bridgehead atoms. The van der Waals surface area contributed by atoms with Gasteiger partial charge in [0, 0.05) is 23.0 Å². The Morgan fingerprint density at radius 1 is 1.15 bits per heavy atom. The third kappa shape index (κ3) is 3.06. The van der Waals surface area contributed by atoms with Crippen LogP contribution in [0.4, 0.5) is 14.5 Å². The molecular weight excluding hydrogens is 350 g/mol. The molecule has 0 saturated heterocycles. The van der Waals surface area contributed by atoms with E-state index in [9.17, 15) is 13.6 Å². The van der Waals surface area contributed by atoms with Crippen LogP contribution < -0.4 is 5.32 Å². The van der Waals surface area contributed by atoms with E-state index in [0.29, 0.717) is 29.8 Å². The van der Waals surface area contributed by atoms with Gasteiger partial charge in [-0.1, -0.05) is 6.07 Å². The summed E-state index contributed by atoms with van der Waals surface area (Å²) < 4.78 is 28.4. The zero-order chi connectivity index (χ0) is 19.0. The summed E-state index contributed by atoms with van der Waals surface area (Å²) in [6, 6.07) is 12.1. The number of amides is 1. The fourth-order valence-corrected chi connectivity index (χ4v) is 3.31. The van der Waals surface area contributed by atoms with E-state index >= 15 is 0 Å². The van der Waals surface area contributed by atoms with Crippen LogP contribution in [0, 0.1) is 23.0 Å². The number of nitriles is 1. The summed E-state index contributed by atoms with van der Waals surface area (Å²) in [6.07, 6.45) is 2.26. The molecule has 1 aromatic heterocycles. The third-order valence-corrected chi connectivity index (χ3v) is 4.54. The first-order chi connectivity index (χ1) is 13.1. The van der Waals surface area contributed by atoms with Gasteiger partial charge in [0.1, 0.15) is 0 Å². The van der Waals surface area contributed by atoms with Crippen molar-refractivity contribution >= 4 is 11.6 Å². The van der Waals surface area contributed by atoms with Gasteiger partial charge in [-0.3, -0.25) is 4.79 Å². The molecule has 1 aliphatic carbocycles. The van der Waals surface area contributed by atoms with Crippen LogP contribution in [0.25, 0.3) is 5.69 Å². The number of anilines is 1. The highest BCUT2D eigenvalue weighted by molar-refractivity contribution is 6.04. The van der Waals surface area contributed by atoms with Crippen LogP contribution in [0.5, 0.6) is 0 Å². The smallest absolute Gasteiger partial charge is 0.276 e. The molecule has 0 atom stereocenters. The highest BCUT2D eigenvalue weighted by atomic mass is 19.2. The van der Waals surface area contributed by atoms with Gasteiger partial charge in [0.15, 0.2) is 17.3 Å². The number of benzene rings is 2. The van der Waals surface area contributed by atoms with Crippen molar-refractivity contribution in [2.24, 2.45) is 0 Å². The normalized spacial score (nSPS) is 12.5. The Hall–Kier alpha value is -3.53. The summed E-state index contributed by atoms with van der Waals surface area (Å²) in [5.41, 5.74) is 3.20. The highest BCUT2D eigenvalue weighted by Crippen LogP contribution is 2.29. The van der Waals surface area contributed by atoms with Crippen LogP contribution in [-0.4, -0.2) is 15.7 Å². The van der Waals surface area contributed by atoms with Crippen molar-refractivity contribution in [2.75, 3.05) is 5.32 Å². The van der Waals surface area contributed by atoms with E-state index in [-0.39, 0.29) is 5.69 Å². The topological polar surface area (TPSA) is 70.7 Å². The molecule has 5 nitrogen and oxygen atoms in total. The minimum Gasteiger partial charge on any atom is -0.321 e. The van der Waals surface area contributed by atoms with E-state index in [2.05, 4.69) is 10.4 Å². The summed E-state index contributed by atoms with van der Waals surface area (Å²) in [5.74, 6) is -2.29. The fraction of sp³-hybridized carbons (Fsp3) is 0.150. The molecule has 0 saturated carbocycles. The lowest BCUT2D eigenvalue weighted by Crippen LogP contribution is -2.15. The van der Waals surface area contributed by atoms with Gasteiger partial charge >= 0.3 is 0 Å².